The van der Waals surface area contributed by atoms with E-state index in [0.29, 0.717) is 18.5 Å². The van der Waals surface area contributed by atoms with Gasteiger partial charge in [-0.05, 0) is 31.0 Å². The lowest BCUT2D eigenvalue weighted by molar-refractivity contribution is -0.137. The van der Waals surface area contributed by atoms with Crippen molar-refractivity contribution in [3.8, 4) is 0 Å². The molecule has 0 unspecified atom stereocenters. The van der Waals surface area contributed by atoms with Crippen LogP contribution in [0.25, 0.3) is 0 Å². The van der Waals surface area contributed by atoms with Crippen LogP contribution in [0.5, 0.6) is 0 Å². The highest BCUT2D eigenvalue weighted by Crippen LogP contribution is 2.11. The van der Waals surface area contributed by atoms with E-state index in [-0.39, 0.29) is 17.2 Å². The molecule has 1 rings (SSSR count). The lowest BCUT2D eigenvalue weighted by atomic mass is 10.1. The molecule has 1 aromatic rings. The van der Waals surface area contributed by atoms with Crippen LogP contribution in [-0.4, -0.2) is 38.2 Å². The molecule has 0 saturated carbocycles. The third kappa shape index (κ3) is 6.71. The number of aliphatic carboxylic acids is 1. The average Bonchev–Trinajstić information content (AvgIpc) is 2.45. The van der Waals surface area contributed by atoms with Gasteiger partial charge in [-0.15, -0.1) is 0 Å². The molecule has 0 bridgehead atoms. The van der Waals surface area contributed by atoms with E-state index in [1.807, 2.05) is 0 Å². The van der Waals surface area contributed by atoms with Crippen molar-refractivity contribution in [2.24, 2.45) is 0 Å². The smallest absolute Gasteiger partial charge is 0.303 e. The SMILES string of the molecule is CS(=O)(=O)c1cccc(C(=O)NCCCCCCC(=O)O)c1. The van der Waals surface area contributed by atoms with Crippen LogP contribution in [0.1, 0.15) is 42.5 Å². The maximum Gasteiger partial charge on any atom is 0.303 e. The summed E-state index contributed by atoms with van der Waals surface area (Å²) in [5, 5.41) is 11.2. The van der Waals surface area contributed by atoms with E-state index in [0.717, 1.165) is 25.5 Å². The van der Waals surface area contributed by atoms with Crippen LogP contribution >= 0.6 is 0 Å². The van der Waals surface area contributed by atoms with Crippen molar-refractivity contribution in [2.75, 3.05) is 12.8 Å². The zero-order chi connectivity index (χ0) is 16.6. The molecule has 6 nitrogen and oxygen atoms in total. The topological polar surface area (TPSA) is 101 Å². The summed E-state index contributed by atoms with van der Waals surface area (Å²) in [4.78, 5) is 22.4. The molecule has 0 aliphatic rings. The van der Waals surface area contributed by atoms with E-state index in [2.05, 4.69) is 5.32 Å². The van der Waals surface area contributed by atoms with Gasteiger partial charge in [-0.25, -0.2) is 8.42 Å². The van der Waals surface area contributed by atoms with Crippen molar-refractivity contribution in [1.29, 1.82) is 0 Å². The minimum atomic E-state index is -3.33. The largest absolute Gasteiger partial charge is 0.481 e. The number of rotatable bonds is 9. The van der Waals surface area contributed by atoms with Gasteiger partial charge in [0.05, 0.1) is 4.90 Å². The summed E-state index contributed by atoms with van der Waals surface area (Å²) < 4.78 is 22.9. The molecule has 0 fully saturated rings. The van der Waals surface area contributed by atoms with E-state index in [4.69, 9.17) is 5.11 Å². The van der Waals surface area contributed by atoms with Crippen LogP contribution in [0, 0.1) is 0 Å². The summed E-state index contributed by atoms with van der Waals surface area (Å²) in [5.41, 5.74) is 0.314. The number of hydrogen-bond donors (Lipinski definition) is 2. The Morgan fingerprint density at radius 3 is 2.45 bits per heavy atom. The summed E-state index contributed by atoms with van der Waals surface area (Å²) in [6, 6.07) is 5.92. The molecular weight excluding hydrogens is 306 g/mol. The zero-order valence-electron chi connectivity index (χ0n) is 12.5. The third-order valence-electron chi connectivity index (χ3n) is 3.13. The molecule has 0 heterocycles. The summed E-state index contributed by atoms with van der Waals surface area (Å²) in [5.74, 6) is -1.10. The molecule has 2 N–H and O–H groups in total. The van der Waals surface area contributed by atoms with Crippen molar-refractivity contribution >= 4 is 21.7 Å². The third-order valence-corrected chi connectivity index (χ3v) is 4.24. The molecule has 0 radical (unpaired) electrons. The fraction of sp³-hybridized carbons (Fsp3) is 0.467. The molecule has 7 heteroatoms. The van der Waals surface area contributed by atoms with Crippen molar-refractivity contribution in [1.82, 2.24) is 5.32 Å². The van der Waals surface area contributed by atoms with Crippen LogP contribution < -0.4 is 5.32 Å². The molecule has 0 aliphatic heterocycles. The first kappa shape index (κ1) is 18.2. The first-order valence-corrected chi connectivity index (χ1v) is 9.00. The fourth-order valence-electron chi connectivity index (χ4n) is 1.93. The minimum absolute atomic E-state index is 0.119. The zero-order valence-corrected chi connectivity index (χ0v) is 13.4. The molecule has 122 valence electrons. The average molecular weight is 327 g/mol. The van der Waals surface area contributed by atoms with Crippen molar-refractivity contribution in [3.05, 3.63) is 29.8 Å². The molecule has 0 spiro atoms. The number of benzene rings is 1. The van der Waals surface area contributed by atoms with Gasteiger partial charge in [0.15, 0.2) is 9.84 Å². The monoisotopic (exact) mass is 327 g/mol. The highest BCUT2D eigenvalue weighted by atomic mass is 32.2. The number of sulfone groups is 1. The number of unbranched alkanes of at least 4 members (excludes halogenated alkanes) is 3. The summed E-state index contributed by atoms with van der Waals surface area (Å²) >= 11 is 0. The normalized spacial score (nSPS) is 11.1. The molecular formula is C15H21NO5S. The maximum atomic E-state index is 11.9. The van der Waals surface area contributed by atoms with Gasteiger partial charge in [0, 0.05) is 24.8 Å². The molecule has 0 saturated heterocycles. The molecule has 22 heavy (non-hydrogen) atoms. The van der Waals surface area contributed by atoms with Crippen molar-refractivity contribution in [3.63, 3.8) is 0 Å². The second-order valence-corrected chi connectivity index (χ2v) is 7.13. The number of nitrogens with one attached hydrogen (secondary N) is 1. The van der Waals surface area contributed by atoms with Crippen LogP contribution in [-0.2, 0) is 14.6 Å². The van der Waals surface area contributed by atoms with E-state index in [9.17, 15) is 18.0 Å². The Bertz CT molecular complexity index is 625. The first-order chi connectivity index (χ1) is 10.3. The van der Waals surface area contributed by atoms with Crippen LogP contribution in [0.2, 0.25) is 0 Å². The maximum absolute atomic E-state index is 11.9. The Kier molecular flexibility index (Phi) is 7.04. The van der Waals surface area contributed by atoms with Crippen molar-refractivity contribution in [2.45, 2.75) is 37.0 Å². The minimum Gasteiger partial charge on any atom is -0.481 e. The molecule has 0 aliphatic carbocycles. The van der Waals surface area contributed by atoms with E-state index in [1.165, 1.54) is 18.2 Å². The first-order valence-electron chi connectivity index (χ1n) is 7.11. The van der Waals surface area contributed by atoms with Gasteiger partial charge in [-0.3, -0.25) is 9.59 Å². The van der Waals surface area contributed by atoms with Crippen molar-refractivity contribution < 1.29 is 23.1 Å². The predicted octanol–water partition coefficient (Wildman–Crippen LogP) is 1.86. The number of carbonyl (C=O) groups is 2. The summed E-state index contributed by atoms with van der Waals surface area (Å²) in [6.45, 7) is 0.481. The Morgan fingerprint density at radius 1 is 1.14 bits per heavy atom. The van der Waals surface area contributed by atoms with E-state index >= 15 is 0 Å². The van der Waals surface area contributed by atoms with Gasteiger partial charge in [0.2, 0.25) is 0 Å². The van der Waals surface area contributed by atoms with Gasteiger partial charge < -0.3 is 10.4 Å². The number of carbonyl (C=O) groups excluding carboxylic acids is 1. The van der Waals surface area contributed by atoms with E-state index < -0.39 is 15.8 Å². The predicted molar refractivity (Wildman–Crippen MR) is 82.6 cm³/mol. The molecule has 0 aromatic heterocycles. The highest BCUT2D eigenvalue weighted by molar-refractivity contribution is 7.90. The van der Waals surface area contributed by atoms with Gasteiger partial charge in [0.1, 0.15) is 0 Å². The second-order valence-electron chi connectivity index (χ2n) is 5.11. The quantitative estimate of drug-likeness (QED) is 0.674. The number of carboxylic acids is 1. The fourth-order valence-corrected chi connectivity index (χ4v) is 2.59. The van der Waals surface area contributed by atoms with Crippen LogP contribution in [0.15, 0.2) is 29.2 Å². The number of carboxylic acid groups (broad SMARTS) is 1. The van der Waals surface area contributed by atoms with Gasteiger partial charge in [-0.2, -0.15) is 0 Å². The van der Waals surface area contributed by atoms with Crippen LogP contribution in [0.4, 0.5) is 0 Å². The Morgan fingerprint density at radius 2 is 1.82 bits per heavy atom. The number of hydrogen-bond acceptors (Lipinski definition) is 4. The van der Waals surface area contributed by atoms with Gasteiger partial charge >= 0.3 is 5.97 Å². The lowest BCUT2D eigenvalue weighted by Gasteiger charge is -2.06. The summed E-state index contributed by atoms with van der Waals surface area (Å²) in [7, 11) is -3.33. The van der Waals surface area contributed by atoms with Crippen LogP contribution in [0.3, 0.4) is 0 Å². The molecule has 1 aromatic carbocycles. The second kappa shape index (κ2) is 8.53. The Hall–Kier alpha value is -1.89. The van der Waals surface area contributed by atoms with Gasteiger partial charge in [-0.1, -0.05) is 18.9 Å². The highest BCUT2D eigenvalue weighted by Gasteiger charge is 2.11. The molecule has 0 atom stereocenters. The standard InChI is InChI=1S/C15H21NO5S/c1-22(20,21)13-8-6-7-12(11-13)15(19)16-10-5-3-2-4-9-14(17)18/h6-8,11H,2-5,9-10H2,1H3,(H,16,19)(H,17,18). The lowest BCUT2D eigenvalue weighted by Crippen LogP contribution is -2.24. The van der Waals surface area contributed by atoms with Gasteiger partial charge in [0.25, 0.3) is 5.91 Å². The Balaban J connectivity index is 2.36. The summed E-state index contributed by atoms with van der Waals surface area (Å²) in [6.07, 6.45) is 4.32. The number of amides is 1. The van der Waals surface area contributed by atoms with E-state index in [1.54, 1.807) is 6.07 Å². The molecule has 1 amide bonds. The Labute approximate surface area is 130 Å².